The van der Waals surface area contributed by atoms with Crippen LogP contribution < -0.4 is 0 Å². The molecule has 0 radical (unpaired) electrons. The van der Waals surface area contributed by atoms with Crippen LogP contribution >= 0.6 is 27.7 Å². The Balaban J connectivity index is 2.27. The molecule has 6 heteroatoms. The van der Waals surface area contributed by atoms with Crippen LogP contribution in [-0.4, -0.2) is 31.8 Å². The fraction of sp³-hybridized carbons (Fsp3) is 0.333. The van der Waals surface area contributed by atoms with Gasteiger partial charge in [0.1, 0.15) is 9.63 Å². The Morgan fingerprint density at radius 3 is 3.20 bits per heavy atom. The molecule has 0 aliphatic heterocycles. The lowest BCUT2D eigenvalue weighted by Crippen LogP contribution is -1.93. The Bertz CT molecular complexity index is 460. The number of aliphatic hydroxyl groups excluding tert-OH is 1. The Morgan fingerprint density at radius 1 is 1.53 bits per heavy atom. The predicted molar refractivity (Wildman–Crippen MR) is 63.1 cm³/mol. The minimum atomic E-state index is 0.214. The summed E-state index contributed by atoms with van der Waals surface area (Å²) >= 11 is 4.96. The van der Waals surface area contributed by atoms with Gasteiger partial charge in [-0.15, -0.1) is 11.8 Å². The van der Waals surface area contributed by atoms with E-state index in [2.05, 4.69) is 25.9 Å². The smallest absolute Gasteiger partial charge is 0.169 e. The molecule has 4 nitrogen and oxygen atoms in total. The summed E-state index contributed by atoms with van der Waals surface area (Å²) in [5.74, 6) is 0.850. The summed E-state index contributed by atoms with van der Waals surface area (Å²) in [5.41, 5.74) is 0.862. The first-order valence-corrected chi connectivity index (χ1v) is 6.32. The third-order valence-corrected chi connectivity index (χ3v) is 3.28. The van der Waals surface area contributed by atoms with Crippen LogP contribution in [0.4, 0.5) is 0 Å². The van der Waals surface area contributed by atoms with E-state index in [1.165, 1.54) is 0 Å². The molecule has 0 bridgehead atoms. The molecule has 0 atom stereocenters. The SMILES string of the molecule is OCCCSc1nc(Br)cn2ccnc12. The molecule has 0 saturated carbocycles. The Kier molecular flexibility index (Phi) is 3.61. The number of hydrogen-bond acceptors (Lipinski definition) is 4. The third-order valence-electron chi connectivity index (χ3n) is 1.86. The van der Waals surface area contributed by atoms with Crippen LogP contribution in [0.2, 0.25) is 0 Å². The summed E-state index contributed by atoms with van der Waals surface area (Å²) in [6.45, 7) is 0.214. The lowest BCUT2D eigenvalue weighted by molar-refractivity contribution is 0.296. The summed E-state index contributed by atoms with van der Waals surface area (Å²) in [5, 5.41) is 9.60. The molecule has 2 aromatic rings. The first-order valence-electron chi connectivity index (χ1n) is 4.54. The van der Waals surface area contributed by atoms with E-state index in [1.807, 2.05) is 16.8 Å². The number of fused-ring (bicyclic) bond motifs is 1. The van der Waals surface area contributed by atoms with Gasteiger partial charge in [-0.05, 0) is 22.4 Å². The third kappa shape index (κ3) is 2.50. The van der Waals surface area contributed by atoms with E-state index in [0.717, 1.165) is 27.5 Å². The largest absolute Gasteiger partial charge is 0.396 e. The second-order valence-corrected chi connectivity index (χ2v) is 4.85. The highest BCUT2D eigenvalue weighted by atomic mass is 79.9. The quantitative estimate of drug-likeness (QED) is 0.690. The number of halogens is 1. The minimum absolute atomic E-state index is 0.214. The van der Waals surface area contributed by atoms with Crippen LogP contribution in [0.15, 0.2) is 28.2 Å². The number of thioether (sulfide) groups is 1. The van der Waals surface area contributed by atoms with Crippen LogP contribution in [0, 0.1) is 0 Å². The molecule has 15 heavy (non-hydrogen) atoms. The van der Waals surface area contributed by atoms with Crippen molar-refractivity contribution in [2.45, 2.75) is 11.4 Å². The number of aliphatic hydroxyl groups is 1. The van der Waals surface area contributed by atoms with Gasteiger partial charge in [0.25, 0.3) is 0 Å². The molecule has 0 unspecified atom stereocenters. The van der Waals surface area contributed by atoms with E-state index < -0.39 is 0 Å². The van der Waals surface area contributed by atoms with Crippen molar-refractivity contribution < 1.29 is 5.11 Å². The van der Waals surface area contributed by atoms with Crippen molar-refractivity contribution in [3.63, 3.8) is 0 Å². The molecule has 0 aliphatic rings. The molecule has 1 N–H and O–H groups in total. The topological polar surface area (TPSA) is 50.4 Å². The zero-order valence-electron chi connectivity index (χ0n) is 7.93. The van der Waals surface area contributed by atoms with Gasteiger partial charge in [-0.3, -0.25) is 0 Å². The highest BCUT2D eigenvalue weighted by molar-refractivity contribution is 9.10. The summed E-state index contributed by atoms with van der Waals surface area (Å²) in [7, 11) is 0. The van der Waals surface area contributed by atoms with Crippen LogP contribution in [0.1, 0.15) is 6.42 Å². The van der Waals surface area contributed by atoms with Crippen molar-refractivity contribution in [2.75, 3.05) is 12.4 Å². The molecular formula is C9H10BrN3OS. The van der Waals surface area contributed by atoms with E-state index in [9.17, 15) is 0 Å². The van der Waals surface area contributed by atoms with Crippen LogP contribution in [0.5, 0.6) is 0 Å². The summed E-state index contributed by atoms with van der Waals surface area (Å²) in [6, 6.07) is 0. The number of rotatable bonds is 4. The second-order valence-electron chi connectivity index (χ2n) is 2.95. The van der Waals surface area contributed by atoms with E-state index in [-0.39, 0.29) is 6.61 Å². The number of aromatic nitrogens is 3. The van der Waals surface area contributed by atoms with Gasteiger partial charge in [-0.25, -0.2) is 9.97 Å². The van der Waals surface area contributed by atoms with Crippen molar-refractivity contribution in [3.8, 4) is 0 Å². The molecule has 0 fully saturated rings. The van der Waals surface area contributed by atoms with Crippen molar-refractivity contribution in [1.82, 2.24) is 14.4 Å². The molecule has 2 heterocycles. The first-order chi connectivity index (χ1) is 7.31. The van der Waals surface area contributed by atoms with Crippen molar-refractivity contribution in [3.05, 3.63) is 23.2 Å². The van der Waals surface area contributed by atoms with Gasteiger partial charge in [0.15, 0.2) is 5.65 Å². The fourth-order valence-corrected chi connectivity index (χ4v) is 2.64. The Hall–Kier alpha value is -0.590. The normalized spacial score (nSPS) is 11.1. The maximum atomic E-state index is 8.71. The van der Waals surface area contributed by atoms with Crippen LogP contribution in [0.25, 0.3) is 5.65 Å². The van der Waals surface area contributed by atoms with Crippen molar-refractivity contribution in [2.24, 2.45) is 0 Å². The molecule has 0 amide bonds. The van der Waals surface area contributed by atoms with Crippen LogP contribution in [0.3, 0.4) is 0 Å². The van der Waals surface area contributed by atoms with Gasteiger partial charge < -0.3 is 9.51 Å². The van der Waals surface area contributed by atoms with Gasteiger partial charge in [-0.2, -0.15) is 0 Å². The highest BCUT2D eigenvalue weighted by Crippen LogP contribution is 2.23. The zero-order valence-corrected chi connectivity index (χ0v) is 10.3. The van der Waals surface area contributed by atoms with Crippen molar-refractivity contribution in [1.29, 1.82) is 0 Å². The summed E-state index contributed by atoms with van der Waals surface area (Å²) < 4.78 is 2.72. The molecule has 0 aromatic carbocycles. The van der Waals surface area contributed by atoms with Gasteiger partial charge in [0, 0.05) is 31.0 Å². The average molecular weight is 288 g/mol. The molecule has 0 spiro atoms. The molecule has 2 rings (SSSR count). The lowest BCUT2D eigenvalue weighted by atomic mass is 10.5. The molecular weight excluding hydrogens is 278 g/mol. The number of hydrogen-bond donors (Lipinski definition) is 1. The highest BCUT2D eigenvalue weighted by Gasteiger charge is 2.06. The molecule has 2 aromatic heterocycles. The number of imidazole rings is 1. The average Bonchev–Trinajstić information content (AvgIpc) is 2.65. The fourth-order valence-electron chi connectivity index (χ4n) is 1.20. The maximum absolute atomic E-state index is 8.71. The van der Waals surface area contributed by atoms with E-state index >= 15 is 0 Å². The van der Waals surface area contributed by atoms with E-state index in [0.29, 0.717) is 0 Å². The molecule has 80 valence electrons. The van der Waals surface area contributed by atoms with E-state index in [1.54, 1.807) is 18.0 Å². The van der Waals surface area contributed by atoms with Gasteiger partial charge in [-0.1, -0.05) is 0 Å². The maximum Gasteiger partial charge on any atom is 0.169 e. The van der Waals surface area contributed by atoms with Gasteiger partial charge >= 0.3 is 0 Å². The molecule has 0 saturated heterocycles. The first kappa shape index (κ1) is 10.9. The molecule has 0 aliphatic carbocycles. The van der Waals surface area contributed by atoms with Crippen LogP contribution in [-0.2, 0) is 0 Å². The lowest BCUT2D eigenvalue weighted by Gasteiger charge is -2.02. The summed E-state index contributed by atoms with van der Waals surface area (Å²) in [6.07, 6.45) is 6.28. The van der Waals surface area contributed by atoms with E-state index in [4.69, 9.17) is 5.11 Å². The monoisotopic (exact) mass is 287 g/mol. The minimum Gasteiger partial charge on any atom is -0.396 e. The standard InChI is InChI=1S/C9H10BrN3OS/c10-7-6-13-3-2-11-8(13)9(12-7)15-5-1-4-14/h2-3,6,14H,1,4-5H2. The van der Waals surface area contributed by atoms with Gasteiger partial charge in [0.2, 0.25) is 0 Å². The Labute approximate surface area is 99.9 Å². The Morgan fingerprint density at radius 2 is 2.40 bits per heavy atom. The predicted octanol–water partition coefficient (Wildman–Crippen LogP) is 1.97. The van der Waals surface area contributed by atoms with Crippen molar-refractivity contribution >= 4 is 33.3 Å². The number of nitrogens with zero attached hydrogens (tertiary/aromatic N) is 3. The zero-order chi connectivity index (χ0) is 10.7. The summed E-state index contributed by atoms with van der Waals surface area (Å²) in [4.78, 5) is 8.59. The van der Waals surface area contributed by atoms with Gasteiger partial charge in [0.05, 0.1) is 0 Å². The second kappa shape index (κ2) is 4.96.